The number of halogens is 1. The van der Waals surface area contributed by atoms with Crippen LogP contribution in [0.15, 0.2) is 46.9 Å². The second kappa shape index (κ2) is 5.53. The zero-order valence-electron chi connectivity index (χ0n) is 12.1. The summed E-state index contributed by atoms with van der Waals surface area (Å²) in [6.45, 7) is 2.06. The Hall–Kier alpha value is -1.81. The van der Waals surface area contributed by atoms with E-state index >= 15 is 0 Å². The van der Waals surface area contributed by atoms with Crippen molar-refractivity contribution in [2.24, 2.45) is 0 Å². The number of benzene rings is 2. The molecular formula is C17H17BrN2O. The predicted molar refractivity (Wildman–Crippen MR) is 89.7 cm³/mol. The van der Waals surface area contributed by atoms with E-state index in [-0.39, 0.29) is 11.9 Å². The number of para-hydroxylation sites is 1. The minimum atomic E-state index is 0.0134. The number of nitrogens with zero attached hydrogens (tertiary/aromatic N) is 1. The monoisotopic (exact) mass is 344 g/mol. The number of aryl methyl sites for hydroxylation is 1. The lowest BCUT2D eigenvalue weighted by atomic mass is 9.96. The van der Waals surface area contributed by atoms with Gasteiger partial charge in [-0.15, -0.1) is 0 Å². The van der Waals surface area contributed by atoms with E-state index in [1.54, 1.807) is 4.90 Å². The number of amides is 1. The maximum atomic E-state index is 12.2. The fourth-order valence-corrected chi connectivity index (χ4v) is 3.03. The Labute approximate surface area is 133 Å². The molecule has 1 aliphatic rings. The number of hydrogen-bond donors (Lipinski definition) is 1. The van der Waals surface area contributed by atoms with Crippen molar-refractivity contribution >= 4 is 33.2 Å². The molecule has 3 nitrogen and oxygen atoms in total. The van der Waals surface area contributed by atoms with Crippen molar-refractivity contribution in [3.05, 3.63) is 58.1 Å². The van der Waals surface area contributed by atoms with Gasteiger partial charge in [-0.05, 0) is 36.2 Å². The third-order valence-electron chi connectivity index (χ3n) is 3.94. The molecule has 1 amide bonds. The summed E-state index contributed by atoms with van der Waals surface area (Å²) >= 11 is 3.55. The number of fused-ring (bicyclic) bond motifs is 1. The fourth-order valence-electron chi connectivity index (χ4n) is 2.66. The Kier molecular flexibility index (Phi) is 3.72. The van der Waals surface area contributed by atoms with Gasteiger partial charge in [0.15, 0.2) is 0 Å². The average molecular weight is 345 g/mol. The summed E-state index contributed by atoms with van der Waals surface area (Å²) in [5.41, 5.74) is 4.36. The number of anilines is 2. The molecule has 1 aliphatic heterocycles. The van der Waals surface area contributed by atoms with E-state index in [0.29, 0.717) is 6.42 Å². The Bertz CT molecular complexity index is 699. The van der Waals surface area contributed by atoms with E-state index in [1.165, 1.54) is 5.56 Å². The molecule has 2 aromatic carbocycles. The summed E-state index contributed by atoms with van der Waals surface area (Å²) in [7, 11) is 1.83. The normalized spacial score (nSPS) is 17.6. The van der Waals surface area contributed by atoms with Crippen LogP contribution >= 0.6 is 15.9 Å². The van der Waals surface area contributed by atoms with Crippen LogP contribution in [-0.4, -0.2) is 13.0 Å². The van der Waals surface area contributed by atoms with Crippen LogP contribution < -0.4 is 10.2 Å². The van der Waals surface area contributed by atoms with Gasteiger partial charge in [-0.2, -0.15) is 0 Å². The molecule has 2 aromatic rings. The highest BCUT2D eigenvalue weighted by Crippen LogP contribution is 2.36. The first-order chi connectivity index (χ1) is 10.1. The highest BCUT2D eigenvalue weighted by molar-refractivity contribution is 9.10. The van der Waals surface area contributed by atoms with E-state index < -0.39 is 0 Å². The van der Waals surface area contributed by atoms with Gasteiger partial charge in [-0.3, -0.25) is 4.79 Å². The van der Waals surface area contributed by atoms with Crippen molar-refractivity contribution < 1.29 is 4.79 Å². The molecular weight excluding hydrogens is 328 g/mol. The van der Waals surface area contributed by atoms with Crippen molar-refractivity contribution in [3.8, 4) is 0 Å². The van der Waals surface area contributed by atoms with Crippen molar-refractivity contribution in [2.45, 2.75) is 19.4 Å². The third-order valence-corrected chi connectivity index (χ3v) is 4.79. The minimum Gasteiger partial charge on any atom is -0.378 e. The molecule has 0 spiro atoms. The summed E-state index contributed by atoms with van der Waals surface area (Å²) in [5.74, 6) is 0.136. The first-order valence-corrected chi connectivity index (χ1v) is 7.74. The van der Waals surface area contributed by atoms with Gasteiger partial charge in [-0.25, -0.2) is 0 Å². The molecule has 1 heterocycles. The molecule has 0 bridgehead atoms. The van der Waals surface area contributed by atoms with E-state index in [0.717, 1.165) is 21.4 Å². The van der Waals surface area contributed by atoms with Gasteiger partial charge in [0.1, 0.15) is 0 Å². The number of carbonyl (C=O) groups is 1. The van der Waals surface area contributed by atoms with Crippen LogP contribution in [-0.2, 0) is 4.79 Å². The predicted octanol–water partition coefficient (Wildman–Crippen LogP) is 4.28. The van der Waals surface area contributed by atoms with Gasteiger partial charge >= 0.3 is 0 Å². The summed E-state index contributed by atoms with van der Waals surface area (Å²) in [5, 5.41) is 3.48. The number of carbonyl (C=O) groups excluding carboxylic acids is 1. The summed E-state index contributed by atoms with van der Waals surface area (Å²) in [6, 6.07) is 14.2. The van der Waals surface area contributed by atoms with Gasteiger partial charge in [0.2, 0.25) is 5.91 Å². The highest BCUT2D eigenvalue weighted by Gasteiger charge is 2.28. The maximum Gasteiger partial charge on any atom is 0.229 e. The Morgan fingerprint density at radius 2 is 2.00 bits per heavy atom. The zero-order chi connectivity index (χ0) is 15.0. The number of rotatable bonds is 2. The molecule has 0 saturated carbocycles. The SMILES string of the molecule is Cc1ccc(NC2CC(=O)N(C)c3ccccc32)cc1Br. The zero-order valence-corrected chi connectivity index (χ0v) is 13.6. The van der Waals surface area contributed by atoms with Crippen LogP contribution in [0.5, 0.6) is 0 Å². The van der Waals surface area contributed by atoms with Crippen molar-refractivity contribution in [1.82, 2.24) is 0 Å². The average Bonchev–Trinajstić information content (AvgIpc) is 2.48. The summed E-state index contributed by atoms with van der Waals surface area (Å²) in [6.07, 6.45) is 0.471. The maximum absolute atomic E-state index is 12.2. The van der Waals surface area contributed by atoms with Crippen LogP contribution in [0.3, 0.4) is 0 Å². The van der Waals surface area contributed by atoms with E-state index in [2.05, 4.69) is 46.4 Å². The van der Waals surface area contributed by atoms with Crippen LogP contribution in [0.4, 0.5) is 11.4 Å². The first kappa shape index (κ1) is 14.1. The second-order valence-electron chi connectivity index (χ2n) is 5.38. The van der Waals surface area contributed by atoms with Crippen molar-refractivity contribution in [2.75, 3.05) is 17.3 Å². The molecule has 0 saturated heterocycles. The molecule has 1 unspecified atom stereocenters. The topological polar surface area (TPSA) is 32.3 Å². The Balaban J connectivity index is 1.93. The number of nitrogens with one attached hydrogen (secondary N) is 1. The van der Waals surface area contributed by atoms with Gasteiger partial charge in [0, 0.05) is 22.9 Å². The first-order valence-electron chi connectivity index (χ1n) is 6.94. The third kappa shape index (κ3) is 2.68. The number of hydrogen-bond acceptors (Lipinski definition) is 2. The summed E-state index contributed by atoms with van der Waals surface area (Å²) < 4.78 is 1.07. The Morgan fingerprint density at radius 1 is 1.24 bits per heavy atom. The molecule has 108 valence electrons. The van der Waals surface area contributed by atoms with E-state index in [9.17, 15) is 4.79 Å². The van der Waals surface area contributed by atoms with Crippen LogP contribution in [0.2, 0.25) is 0 Å². The fraction of sp³-hybridized carbons (Fsp3) is 0.235. The minimum absolute atomic E-state index is 0.0134. The molecule has 4 heteroatoms. The second-order valence-corrected chi connectivity index (χ2v) is 6.23. The van der Waals surface area contributed by atoms with Gasteiger partial charge in [0.25, 0.3) is 0 Å². The van der Waals surface area contributed by atoms with Crippen LogP contribution in [0.25, 0.3) is 0 Å². The van der Waals surface area contributed by atoms with E-state index in [4.69, 9.17) is 0 Å². The molecule has 1 atom stereocenters. The molecule has 1 N–H and O–H groups in total. The standard InChI is InChI=1S/C17H17BrN2O/c1-11-7-8-12(9-14(11)18)19-15-10-17(21)20(2)16-6-4-3-5-13(15)16/h3-9,15,19H,10H2,1-2H3. The van der Waals surface area contributed by atoms with Crippen LogP contribution in [0.1, 0.15) is 23.6 Å². The highest BCUT2D eigenvalue weighted by atomic mass is 79.9. The molecule has 0 aromatic heterocycles. The van der Waals surface area contributed by atoms with Gasteiger partial charge in [0.05, 0.1) is 12.5 Å². The molecule has 0 radical (unpaired) electrons. The molecule has 0 aliphatic carbocycles. The molecule has 21 heavy (non-hydrogen) atoms. The van der Waals surface area contributed by atoms with Gasteiger partial charge in [-0.1, -0.05) is 40.2 Å². The smallest absolute Gasteiger partial charge is 0.229 e. The van der Waals surface area contributed by atoms with E-state index in [1.807, 2.05) is 31.3 Å². The Morgan fingerprint density at radius 3 is 2.76 bits per heavy atom. The van der Waals surface area contributed by atoms with Gasteiger partial charge < -0.3 is 10.2 Å². The van der Waals surface area contributed by atoms with Crippen molar-refractivity contribution in [1.29, 1.82) is 0 Å². The van der Waals surface area contributed by atoms with Crippen molar-refractivity contribution in [3.63, 3.8) is 0 Å². The molecule has 0 fully saturated rings. The quantitative estimate of drug-likeness (QED) is 0.881. The largest absolute Gasteiger partial charge is 0.378 e. The van der Waals surface area contributed by atoms with Crippen LogP contribution in [0, 0.1) is 6.92 Å². The lowest BCUT2D eigenvalue weighted by molar-refractivity contribution is -0.118. The lowest BCUT2D eigenvalue weighted by Crippen LogP contribution is -2.35. The summed E-state index contributed by atoms with van der Waals surface area (Å²) in [4.78, 5) is 13.9. The molecule has 3 rings (SSSR count). The lowest BCUT2D eigenvalue weighted by Gasteiger charge is -2.32.